The lowest BCUT2D eigenvalue weighted by Gasteiger charge is -2.36. The summed E-state index contributed by atoms with van der Waals surface area (Å²) in [6.45, 7) is 6.90. The number of ether oxygens (including phenoxy) is 2. The zero-order chi connectivity index (χ0) is 29.7. The largest absolute Gasteiger partial charge is 0.493 e. The van der Waals surface area contributed by atoms with Crippen LogP contribution >= 0.6 is 0 Å². The van der Waals surface area contributed by atoms with Crippen molar-refractivity contribution in [2.45, 2.75) is 57.5 Å². The molecule has 0 saturated carbocycles. The highest BCUT2D eigenvalue weighted by Gasteiger charge is 2.27. The Labute approximate surface area is 248 Å². The summed E-state index contributed by atoms with van der Waals surface area (Å²) in [6.07, 6.45) is 5.67. The molecule has 1 aliphatic heterocycles. The number of carbonyl (C=O) groups excluding carboxylic acids is 1. The van der Waals surface area contributed by atoms with E-state index in [1.807, 2.05) is 53.1 Å². The van der Waals surface area contributed by atoms with Gasteiger partial charge in [0.2, 0.25) is 0 Å². The van der Waals surface area contributed by atoms with Gasteiger partial charge in [0.25, 0.3) is 10.0 Å². The van der Waals surface area contributed by atoms with Gasteiger partial charge in [-0.15, -0.1) is 0 Å². The Morgan fingerprint density at radius 3 is 2.38 bits per heavy atom. The molecule has 0 atom stereocenters. The highest BCUT2D eigenvalue weighted by Crippen LogP contribution is 2.30. The van der Waals surface area contributed by atoms with Gasteiger partial charge >= 0.3 is 6.03 Å². The highest BCUT2D eigenvalue weighted by atomic mass is 32.2. The van der Waals surface area contributed by atoms with Crippen LogP contribution in [0, 0.1) is 6.92 Å². The Hall–Kier alpha value is -3.98. The summed E-state index contributed by atoms with van der Waals surface area (Å²) >= 11 is 0. The number of aryl methyl sites for hydroxylation is 1. The topological polar surface area (TPSA) is 81.1 Å². The molecule has 0 radical (unpaired) electrons. The molecule has 1 aromatic heterocycles. The normalized spacial score (nSPS) is 14.0. The van der Waals surface area contributed by atoms with Crippen LogP contribution in [0.2, 0.25) is 0 Å². The molecule has 0 unspecified atom stereocenters. The minimum absolute atomic E-state index is 0.0359. The van der Waals surface area contributed by atoms with Crippen molar-refractivity contribution >= 4 is 27.0 Å². The first kappa shape index (κ1) is 29.5. The molecule has 2 amide bonds. The molecule has 2 heterocycles. The van der Waals surface area contributed by atoms with Crippen LogP contribution in [0.25, 0.3) is 10.9 Å². The van der Waals surface area contributed by atoms with Crippen LogP contribution in [0.3, 0.4) is 0 Å². The van der Waals surface area contributed by atoms with Gasteiger partial charge in [-0.1, -0.05) is 55.7 Å². The van der Waals surface area contributed by atoms with Gasteiger partial charge in [-0.05, 0) is 67.3 Å². The number of benzene rings is 3. The number of urea groups is 1. The minimum atomic E-state index is -3.75. The van der Waals surface area contributed by atoms with Crippen LogP contribution < -0.4 is 9.47 Å². The Kier molecular flexibility index (Phi) is 9.06. The second-order valence-electron chi connectivity index (χ2n) is 10.8. The van der Waals surface area contributed by atoms with Gasteiger partial charge in [-0.2, -0.15) is 0 Å². The molecule has 3 aromatic carbocycles. The average Bonchev–Trinajstić information content (AvgIpc) is 3.44. The standard InChI is InChI=1S/C33H39N3O5S/c1-4-5-6-21-41-32-22-26(13-16-31(32)40-3)23-34-18-8-19-35(33(34)37)24-27-9-7-10-30-29(27)17-20-36(30)42(38,39)28-14-11-25(2)12-15-28/h7,9-17,20,22H,4-6,8,18-19,21,23-24H2,1-3H3. The molecule has 1 saturated heterocycles. The van der Waals surface area contributed by atoms with Crippen LogP contribution in [0.4, 0.5) is 4.79 Å². The molecule has 0 aliphatic carbocycles. The van der Waals surface area contributed by atoms with Crippen molar-refractivity contribution in [2.24, 2.45) is 0 Å². The van der Waals surface area contributed by atoms with Gasteiger partial charge in [0, 0.05) is 37.8 Å². The van der Waals surface area contributed by atoms with E-state index in [-0.39, 0.29) is 10.9 Å². The number of carbonyl (C=O) groups is 1. The Morgan fingerprint density at radius 1 is 0.881 bits per heavy atom. The summed E-state index contributed by atoms with van der Waals surface area (Å²) in [5, 5.41) is 0.818. The van der Waals surface area contributed by atoms with Crippen molar-refractivity contribution in [3.63, 3.8) is 0 Å². The van der Waals surface area contributed by atoms with Gasteiger partial charge in [-0.25, -0.2) is 17.2 Å². The van der Waals surface area contributed by atoms with Crippen LogP contribution in [-0.2, 0) is 23.1 Å². The third-order valence-electron chi connectivity index (χ3n) is 7.73. The lowest BCUT2D eigenvalue weighted by molar-refractivity contribution is 0.123. The van der Waals surface area contributed by atoms with E-state index >= 15 is 0 Å². The van der Waals surface area contributed by atoms with E-state index in [1.165, 1.54) is 3.97 Å². The fourth-order valence-electron chi connectivity index (χ4n) is 5.41. The van der Waals surface area contributed by atoms with Crippen molar-refractivity contribution in [1.82, 2.24) is 13.8 Å². The van der Waals surface area contributed by atoms with Crippen molar-refractivity contribution < 1.29 is 22.7 Å². The summed E-state index contributed by atoms with van der Waals surface area (Å²) in [4.78, 5) is 17.5. The predicted octanol–water partition coefficient (Wildman–Crippen LogP) is 6.59. The predicted molar refractivity (Wildman–Crippen MR) is 165 cm³/mol. The molecule has 9 heteroatoms. The third kappa shape index (κ3) is 6.26. The minimum Gasteiger partial charge on any atom is -0.493 e. The van der Waals surface area contributed by atoms with Crippen LogP contribution in [-0.4, -0.2) is 55.0 Å². The quantitative estimate of drug-likeness (QED) is 0.174. The van der Waals surface area contributed by atoms with Gasteiger partial charge in [-0.3, -0.25) is 0 Å². The monoisotopic (exact) mass is 589 g/mol. The fourth-order valence-corrected chi connectivity index (χ4v) is 6.75. The number of rotatable bonds is 12. The average molecular weight is 590 g/mol. The van der Waals surface area contributed by atoms with Crippen molar-refractivity contribution in [1.29, 1.82) is 0 Å². The van der Waals surface area contributed by atoms with E-state index in [9.17, 15) is 13.2 Å². The highest BCUT2D eigenvalue weighted by molar-refractivity contribution is 7.90. The number of amides is 2. The van der Waals surface area contributed by atoms with Gasteiger partial charge < -0.3 is 19.3 Å². The molecule has 222 valence electrons. The fraction of sp³-hybridized carbons (Fsp3) is 0.364. The number of hydrogen-bond donors (Lipinski definition) is 0. The van der Waals surface area contributed by atoms with Crippen molar-refractivity contribution in [3.8, 4) is 11.5 Å². The lowest BCUT2D eigenvalue weighted by Crippen LogP contribution is -2.48. The second kappa shape index (κ2) is 12.9. The van der Waals surface area contributed by atoms with E-state index in [0.717, 1.165) is 47.8 Å². The SMILES string of the molecule is CCCCCOc1cc(CN2CCCN(Cc3cccc4c3ccn4S(=O)(=O)c3ccc(C)cc3)C2=O)ccc1OC. The Balaban J connectivity index is 1.32. The molecule has 1 aliphatic rings. The maximum absolute atomic E-state index is 13.6. The number of aromatic nitrogens is 1. The summed E-state index contributed by atoms with van der Waals surface area (Å²) in [6, 6.07) is 20.1. The molecule has 8 nitrogen and oxygen atoms in total. The number of unbranched alkanes of at least 4 members (excludes halogenated alkanes) is 2. The number of hydrogen-bond acceptors (Lipinski definition) is 5. The van der Waals surface area contributed by atoms with Gasteiger partial charge in [0.1, 0.15) is 0 Å². The molecule has 0 N–H and O–H groups in total. The first-order valence-corrected chi connectivity index (χ1v) is 16.0. The summed E-state index contributed by atoms with van der Waals surface area (Å²) in [5.74, 6) is 1.38. The van der Waals surface area contributed by atoms with Gasteiger partial charge in [0.05, 0.1) is 24.1 Å². The molecular formula is C33H39N3O5S. The number of methoxy groups -OCH3 is 1. The Bertz CT molecular complexity index is 1650. The molecule has 4 aromatic rings. The van der Waals surface area contributed by atoms with Gasteiger partial charge in [0.15, 0.2) is 11.5 Å². The lowest BCUT2D eigenvalue weighted by atomic mass is 10.1. The number of fused-ring (bicyclic) bond motifs is 1. The van der Waals surface area contributed by atoms with Crippen LogP contribution in [0.5, 0.6) is 11.5 Å². The molecule has 0 bridgehead atoms. The molecule has 5 rings (SSSR count). The summed E-state index contributed by atoms with van der Waals surface area (Å²) in [5.41, 5.74) is 3.49. The zero-order valence-electron chi connectivity index (χ0n) is 24.6. The van der Waals surface area contributed by atoms with Crippen molar-refractivity contribution in [2.75, 3.05) is 26.8 Å². The van der Waals surface area contributed by atoms with E-state index < -0.39 is 10.0 Å². The maximum atomic E-state index is 13.6. The maximum Gasteiger partial charge on any atom is 0.320 e. The first-order chi connectivity index (χ1) is 20.3. The van der Waals surface area contributed by atoms with E-state index in [4.69, 9.17) is 9.47 Å². The Morgan fingerprint density at radius 2 is 1.64 bits per heavy atom. The van der Waals surface area contributed by atoms with E-state index in [1.54, 1.807) is 43.6 Å². The van der Waals surface area contributed by atoms with E-state index in [2.05, 4.69) is 6.92 Å². The molecule has 0 spiro atoms. The number of nitrogens with zero attached hydrogens (tertiary/aromatic N) is 3. The third-order valence-corrected chi connectivity index (χ3v) is 9.43. The molecule has 1 fully saturated rings. The van der Waals surface area contributed by atoms with E-state index in [0.29, 0.717) is 49.8 Å². The van der Waals surface area contributed by atoms with Crippen LogP contribution in [0.1, 0.15) is 49.3 Å². The summed E-state index contributed by atoms with van der Waals surface area (Å²) < 4.78 is 39.6. The zero-order valence-corrected chi connectivity index (χ0v) is 25.4. The first-order valence-electron chi connectivity index (χ1n) is 14.6. The smallest absolute Gasteiger partial charge is 0.320 e. The van der Waals surface area contributed by atoms with Crippen molar-refractivity contribution in [3.05, 3.63) is 89.6 Å². The summed E-state index contributed by atoms with van der Waals surface area (Å²) in [7, 11) is -2.12. The molecule has 42 heavy (non-hydrogen) atoms. The van der Waals surface area contributed by atoms with Crippen LogP contribution in [0.15, 0.2) is 77.8 Å². The second-order valence-corrected chi connectivity index (χ2v) is 12.6. The molecular weight excluding hydrogens is 550 g/mol.